The van der Waals surface area contributed by atoms with Crippen LogP contribution in [0.2, 0.25) is 0 Å². The van der Waals surface area contributed by atoms with Gasteiger partial charge in [0.1, 0.15) is 0 Å². The van der Waals surface area contributed by atoms with Gasteiger partial charge in [0.2, 0.25) is 0 Å². The van der Waals surface area contributed by atoms with Gasteiger partial charge in [-0.25, -0.2) is 0 Å². The fourth-order valence-corrected chi connectivity index (χ4v) is 1.33. The van der Waals surface area contributed by atoms with Gasteiger partial charge in [-0.3, -0.25) is 4.68 Å². The second-order valence-corrected chi connectivity index (χ2v) is 3.76. The van der Waals surface area contributed by atoms with E-state index in [1.165, 1.54) is 0 Å². The lowest BCUT2D eigenvalue weighted by Crippen LogP contribution is -2.22. The van der Waals surface area contributed by atoms with E-state index in [0.717, 1.165) is 17.9 Å². The van der Waals surface area contributed by atoms with E-state index in [0.29, 0.717) is 6.04 Å². The molecule has 1 rings (SSSR count). The maximum Gasteiger partial charge on any atom is 0.0823 e. The van der Waals surface area contributed by atoms with Gasteiger partial charge < -0.3 is 10.6 Å². The number of nitrogen functional groups attached to an aromatic ring is 1. The quantitative estimate of drug-likeness (QED) is 0.755. The topological polar surface area (TPSA) is 47.1 Å². The third kappa shape index (κ3) is 2.45. The van der Waals surface area contributed by atoms with Crippen LogP contribution in [0.3, 0.4) is 0 Å². The Morgan fingerprint density at radius 2 is 2.23 bits per heavy atom. The minimum absolute atomic E-state index is 0.367. The minimum Gasteiger partial charge on any atom is -0.396 e. The first-order chi connectivity index (χ1) is 6.00. The first-order valence-electron chi connectivity index (χ1n) is 4.46. The third-order valence-electron chi connectivity index (χ3n) is 2.04. The van der Waals surface area contributed by atoms with Crippen molar-refractivity contribution in [3.05, 3.63) is 11.9 Å². The van der Waals surface area contributed by atoms with E-state index < -0.39 is 0 Å². The summed E-state index contributed by atoms with van der Waals surface area (Å²) in [4.78, 5) is 2.14. The van der Waals surface area contributed by atoms with Crippen LogP contribution in [0.4, 0.5) is 5.69 Å². The molecule has 0 aliphatic carbocycles. The Labute approximate surface area is 79.3 Å². The second kappa shape index (κ2) is 3.79. The van der Waals surface area contributed by atoms with Gasteiger partial charge >= 0.3 is 0 Å². The molecule has 0 fully saturated rings. The van der Waals surface area contributed by atoms with E-state index in [-0.39, 0.29) is 0 Å². The molecule has 1 aromatic rings. The highest BCUT2D eigenvalue weighted by Crippen LogP contribution is 2.12. The largest absolute Gasteiger partial charge is 0.396 e. The number of hydrogen-bond acceptors (Lipinski definition) is 3. The Kier molecular flexibility index (Phi) is 2.93. The Bertz CT molecular complexity index is 258. The van der Waals surface area contributed by atoms with Gasteiger partial charge in [0.25, 0.3) is 0 Å². The first-order valence-corrected chi connectivity index (χ1v) is 4.46. The van der Waals surface area contributed by atoms with E-state index in [2.05, 4.69) is 31.0 Å². The highest BCUT2D eigenvalue weighted by molar-refractivity contribution is 5.39. The van der Waals surface area contributed by atoms with Crippen molar-refractivity contribution in [3.8, 4) is 0 Å². The fourth-order valence-electron chi connectivity index (χ4n) is 1.33. The van der Waals surface area contributed by atoms with E-state index in [9.17, 15) is 0 Å². The molecule has 1 aromatic heterocycles. The molecule has 0 aliphatic heterocycles. The Balaban J connectivity index is 2.71. The lowest BCUT2D eigenvalue weighted by atomic mass is 10.3. The molecule has 0 saturated carbocycles. The lowest BCUT2D eigenvalue weighted by molar-refractivity contribution is 0.322. The van der Waals surface area contributed by atoms with Gasteiger partial charge in [-0.1, -0.05) is 0 Å². The summed E-state index contributed by atoms with van der Waals surface area (Å²) in [7, 11) is 4.10. The van der Waals surface area contributed by atoms with Crippen molar-refractivity contribution in [1.82, 2.24) is 14.7 Å². The lowest BCUT2D eigenvalue weighted by Gasteiger charge is -2.16. The molecule has 1 heterocycles. The van der Waals surface area contributed by atoms with Crippen molar-refractivity contribution in [3.63, 3.8) is 0 Å². The zero-order chi connectivity index (χ0) is 10.0. The van der Waals surface area contributed by atoms with E-state index in [1.54, 1.807) is 0 Å². The number of aromatic nitrogens is 2. The third-order valence-corrected chi connectivity index (χ3v) is 2.04. The van der Waals surface area contributed by atoms with Crippen molar-refractivity contribution in [2.45, 2.75) is 19.9 Å². The molecule has 4 nitrogen and oxygen atoms in total. The molecule has 0 amide bonds. The van der Waals surface area contributed by atoms with Crippen LogP contribution in [0.25, 0.3) is 0 Å². The zero-order valence-corrected chi connectivity index (χ0v) is 8.78. The summed E-state index contributed by atoms with van der Waals surface area (Å²) >= 11 is 0. The fraction of sp³-hybridized carbons (Fsp3) is 0.667. The number of likely N-dealkylation sites (N-methyl/N-ethyl adjacent to an activating group) is 1. The minimum atomic E-state index is 0.367. The van der Waals surface area contributed by atoms with Crippen molar-refractivity contribution < 1.29 is 0 Å². The number of nitrogens with two attached hydrogens (primary N) is 1. The molecule has 1 atom stereocenters. The van der Waals surface area contributed by atoms with Crippen LogP contribution in [0.1, 0.15) is 18.7 Å². The van der Waals surface area contributed by atoms with Gasteiger partial charge in [0, 0.05) is 12.7 Å². The Morgan fingerprint density at radius 3 is 2.62 bits per heavy atom. The SMILES string of the molecule is Cc1nn(C(C)CN(C)C)cc1N. The molecule has 4 heteroatoms. The summed E-state index contributed by atoms with van der Waals surface area (Å²) in [6.45, 7) is 5.03. The number of rotatable bonds is 3. The molecule has 0 spiro atoms. The van der Waals surface area contributed by atoms with Gasteiger partial charge in [0.15, 0.2) is 0 Å². The molecule has 0 saturated heterocycles. The number of hydrogen-bond donors (Lipinski definition) is 1. The van der Waals surface area contributed by atoms with Crippen molar-refractivity contribution in [2.24, 2.45) is 0 Å². The van der Waals surface area contributed by atoms with Crippen LogP contribution in [-0.2, 0) is 0 Å². The molecule has 0 aromatic carbocycles. The summed E-state index contributed by atoms with van der Waals surface area (Å²) in [5.74, 6) is 0. The van der Waals surface area contributed by atoms with Gasteiger partial charge in [-0.2, -0.15) is 5.10 Å². The standard InChI is InChI=1S/C9H18N4/c1-7(5-12(3)4)13-6-9(10)8(2)11-13/h6-7H,5,10H2,1-4H3. The molecule has 1 unspecified atom stereocenters. The molecule has 2 N–H and O–H groups in total. The molecule has 13 heavy (non-hydrogen) atoms. The van der Waals surface area contributed by atoms with Crippen LogP contribution in [0, 0.1) is 6.92 Å². The van der Waals surface area contributed by atoms with Crippen molar-refractivity contribution >= 4 is 5.69 Å². The maximum absolute atomic E-state index is 5.71. The predicted octanol–water partition coefficient (Wildman–Crippen LogP) is 0.896. The predicted molar refractivity (Wildman–Crippen MR) is 54.6 cm³/mol. The van der Waals surface area contributed by atoms with Crippen LogP contribution in [0.5, 0.6) is 0 Å². The van der Waals surface area contributed by atoms with Gasteiger partial charge in [-0.05, 0) is 27.9 Å². The van der Waals surface area contributed by atoms with Gasteiger partial charge in [0.05, 0.1) is 17.4 Å². The number of aryl methyl sites for hydroxylation is 1. The summed E-state index contributed by atoms with van der Waals surface area (Å²) in [5.41, 5.74) is 7.39. The number of nitrogens with zero attached hydrogens (tertiary/aromatic N) is 3. The molecule has 0 radical (unpaired) electrons. The summed E-state index contributed by atoms with van der Waals surface area (Å²) in [5, 5.41) is 4.33. The molecular formula is C9H18N4. The van der Waals surface area contributed by atoms with E-state index in [4.69, 9.17) is 5.73 Å². The summed E-state index contributed by atoms with van der Waals surface area (Å²) in [6.07, 6.45) is 1.89. The number of anilines is 1. The molecule has 74 valence electrons. The highest BCUT2D eigenvalue weighted by atomic mass is 15.3. The van der Waals surface area contributed by atoms with Crippen LogP contribution < -0.4 is 5.73 Å². The van der Waals surface area contributed by atoms with Crippen LogP contribution in [0.15, 0.2) is 6.20 Å². The van der Waals surface area contributed by atoms with Crippen molar-refractivity contribution in [1.29, 1.82) is 0 Å². The molecule has 0 aliphatic rings. The molecular weight excluding hydrogens is 164 g/mol. The summed E-state index contributed by atoms with van der Waals surface area (Å²) in [6, 6.07) is 0.367. The molecule has 0 bridgehead atoms. The van der Waals surface area contributed by atoms with E-state index >= 15 is 0 Å². The normalized spacial score (nSPS) is 13.6. The average Bonchev–Trinajstić information content (AvgIpc) is 2.31. The summed E-state index contributed by atoms with van der Waals surface area (Å²) < 4.78 is 1.92. The zero-order valence-electron chi connectivity index (χ0n) is 8.78. The van der Waals surface area contributed by atoms with Crippen molar-refractivity contribution in [2.75, 3.05) is 26.4 Å². The van der Waals surface area contributed by atoms with Crippen LogP contribution >= 0.6 is 0 Å². The monoisotopic (exact) mass is 182 g/mol. The smallest absolute Gasteiger partial charge is 0.0823 e. The van der Waals surface area contributed by atoms with Crippen LogP contribution in [-0.4, -0.2) is 35.3 Å². The first kappa shape index (κ1) is 10.1. The Morgan fingerprint density at radius 1 is 1.62 bits per heavy atom. The second-order valence-electron chi connectivity index (χ2n) is 3.76. The Hall–Kier alpha value is -1.03. The maximum atomic E-state index is 5.71. The average molecular weight is 182 g/mol. The van der Waals surface area contributed by atoms with E-state index in [1.807, 2.05) is 17.8 Å². The highest BCUT2D eigenvalue weighted by Gasteiger charge is 2.08. The van der Waals surface area contributed by atoms with Gasteiger partial charge in [-0.15, -0.1) is 0 Å².